The Morgan fingerprint density at radius 1 is 1.42 bits per heavy atom. The van der Waals surface area contributed by atoms with Gasteiger partial charge in [-0.25, -0.2) is 4.39 Å². The standard InChI is InChI=1S/C15H20FNO2/c1-17-13(9-16)14(18)8-10-2-4-11(5-3-10)15(19)12-6-7-12/h2-5,12-14,17-18H,6-9H2,1H3. The molecule has 0 saturated heterocycles. The molecule has 2 atom stereocenters. The quantitative estimate of drug-likeness (QED) is 0.738. The Hall–Kier alpha value is -1.26. The molecule has 2 rings (SSSR count). The summed E-state index contributed by atoms with van der Waals surface area (Å²) in [6.07, 6.45) is 1.62. The predicted molar refractivity (Wildman–Crippen MR) is 72.0 cm³/mol. The molecule has 3 nitrogen and oxygen atoms in total. The highest BCUT2D eigenvalue weighted by Crippen LogP contribution is 2.32. The van der Waals surface area contributed by atoms with E-state index in [1.807, 2.05) is 12.1 Å². The molecule has 104 valence electrons. The molecule has 19 heavy (non-hydrogen) atoms. The third-order valence-corrected chi connectivity index (χ3v) is 3.63. The van der Waals surface area contributed by atoms with Gasteiger partial charge < -0.3 is 10.4 Å². The zero-order valence-corrected chi connectivity index (χ0v) is 11.1. The SMILES string of the molecule is CNC(CF)C(O)Cc1ccc(C(=O)C2CC2)cc1. The van der Waals surface area contributed by atoms with Gasteiger partial charge in [-0.1, -0.05) is 24.3 Å². The van der Waals surface area contributed by atoms with Gasteiger partial charge in [-0.3, -0.25) is 4.79 Å². The van der Waals surface area contributed by atoms with Crippen LogP contribution in [0.2, 0.25) is 0 Å². The number of aliphatic hydroxyl groups excluding tert-OH is 1. The highest BCUT2D eigenvalue weighted by Gasteiger charge is 2.30. The molecule has 1 saturated carbocycles. The lowest BCUT2D eigenvalue weighted by Gasteiger charge is -2.19. The van der Waals surface area contributed by atoms with Crippen molar-refractivity contribution in [1.82, 2.24) is 5.32 Å². The number of halogens is 1. The van der Waals surface area contributed by atoms with Crippen LogP contribution in [0.3, 0.4) is 0 Å². The van der Waals surface area contributed by atoms with Gasteiger partial charge in [-0.05, 0) is 31.9 Å². The van der Waals surface area contributed by atoms with E-state index in [2.05, 4.69) is 5.32 Å². The minimum atomic E-state index is -0.764. The van der Waals surface area contributed by atoms with Gasteiger partial charge in [0.2, 0.25) is 0 Å². The lowest BCUT2D eigenvalue weighted by molar-refractivity contribution is 0.0967. The summed E-state index contributed by atoms with van der Waals surface area (Å²) in [5, 5.41) is 12.6. The van der Waals surface area contributed by atoms with Crippen molar-refractivity contribution >= 4 is 5.78 Å². The van der Waals surface area contributed by atoms with Gasteiger partial charge in [0.25, 0.3) is 0 Å². The van der Waals surface area contributed by atoms with E-state index in [1.165, 1.54) is 0 Å². The minimum Gasteiger partial charge on any atom is -0.391 e. The van der Waals surface area contributed by atoms with Gasteiger partial charge in [-0.15, -0.1) is 0 Å². The largest absolute Gasteiger partial charge is 0.391 e. The van der Waals surface area contributed by atoms with Crippen LogP contribution in [-0.2, 0) is 6.42 Å². The molecule has 0 spiro atoms. The first kappa shape index (κ1) is 14.2. The van der Waals surface area contributed by atoms with Gasteiger partial charge >= 0.3 is 0 Å². The maximum atomic E-state index is 12.6. The van der Waals surface area contributed by atoms with E-state index in [9.17, 15) is 14.3 Å². The van der Waals surface area contributed by atoms with Gasteiger partial charge in [-0.2, -0.15) is 0 Å². The van der Waals surface area contributed by atoms with Crippen molar-refractivity contribution < 1.29 is 14.3 Å². The molecule has 1 aromatic rings. The van der Waals surface area contributed by atoms with Crippen LogP contribution >= 0.6 is 0 Å². The van der Waals surface area contributed by atoms with Crippen molar-refractivity contribution in [1.29, 1.82) is 0 Å². The third kappa shape index (κ3) is 3.61. The van der Waals surface area contributed by atoms with Crippen LogP contribution in [0.1, 0.15) is 28.8 Å². The fourth-order valence-corrected chi connectivity index (χ4v) is 2.14. The number of aliphatic hydroxyl groups is 1. The number of carbonyl (C=O) groups excluding carboxylic acids is 1. The van der Waals surface area contributed by atoms with Crippen LogP contribution in [0.25, 0.3) is 0 Å². The van der Waals surface area contributed by atoms with E-state index in [-0.39, 0.29) is 11.7 Å². The van der Waals surface area contributed by atoms with E-state index in [4.69, 9.17) is 0 Å². The van der Waals surface area contributed by atoms with Crippen molar-refractivity contribution in [3.8, 4) is 0 Å². The summed E-state index contributed by atoms with van der Waals surface area (Å²) in [5.41, 5.74) is 1.64. The Morgan fingerprint density at radius 2 is 2.05 bits per heavy atom. The van der Waals surface area contributed by atoms with Crippen LogP contribution in [0.15, 0.2) is 24.3 Å². The molecule has 0 amide bonds. The van der Waals surface area contributed by atoms with Crippen LogP contribution in [-0.4, -0.2) is 36.8 Å². The Morgan fingerprint density at radius 3 is 2.53 bits per heavy atom. The van der Waals surface area contributed by atoms with Gasteiger partial charge in [0.05, 0.1) is 12.1 Å². The molecule has 1 aliphatic rings. The molecule has 1 aromatic carbocycles. The topological polar surface area (TPSA) is 49.3 Å². The zero-order chi connectivity index (χ0) is 13.8. The summed E-state index contributed by atoms with van der Waals surface area (Å²) in [6, 6.07) is 6.72. The maximum Gasteiger partial charge on any atom is 0.165 e. The summed E-state index contributed by atoms with van der Waals surface area (Å²) in [7, 11) is 1.63. The van der Waals surface area contributed by atoms with E-state index in [1.54, 1.807) is 19.2 Å². The number of alkyl halides is 1. The molecular weight excluding hydrogens is 245 g/mol. The highest BCUT2D eigenvalue weighted by atomic mass is 19.1. The molecular formula is C15H20FNO2. The first-order valence-electron chi connectivity index (χ1n) is 6.70. The van der Waals surface area contributed by atoms with Crippen LogP contribution < -0.4 is 5.32 Å². The van der Waals surface area contributed by atoms with E-state index >= 15 is 0 Å². The second-order valence-electron chi connectivity index (χ2n) is 5.16. The number of hydrogen-bond acceptors (Lipinski definition) is 3. The van der Waals surface area contributed by atoms with E-state index in [0.29, 0.717) is 6.42 Å². The zero-order valence-electron chi connectivity index (χ0n) is 11.1. The number of likely N-dealkylation sites (N-methyl/N-ethyl adjacent to an activating group) is 1. The predicted octanol–water partition coefficient (Wildman–Crippen LogP) is 1.74. The molecule has 0 radical (unpaired) electrons. The maximum absolute atomic E-state index is 12.6. The summed E-state index contributed by atoms with van der Waals surface area (Å²) in [4.78, 5) is 11.8. The summed E-state index contributed by atoms with van der Waals surface area (Å²) in [6.45, 7) is -0.601. The normalized spacial score (nSPS) is 18.1. The molecule has 0 aliphatic heterocycles. The molecule has 2 N–H and O–H groups in total. The first-order chi connectivity index (χ1) is 9.15. The lowest BCUT2D eigenvalue weighted by atomic mass is 10.00. The molecule has 1 fully saturated rings. The number of hydrogen-bond donors (Lipinski definition) is 2. The number of Topliss-reactive ketones (excluding diaryl/α,β-unsaturated/α-hetero) is 1. The monoisotopic (exact) mass is 265 g/mol. The Labute approximate surface area is 112 Å². The van der Waals surface area contributed by atoms with Gasteiger partial charge in [0.15, 0.2) is 5.78 Å². The van der Waals surface area contributed by atoms with Crippen molar-refractivity contribution in [2.75, 3.05) is 13.7 Å². The molecule has 1 aliphatic carbocycles. The van der Waals surface area contributed by atoms with Crippen molar-refractivity contribution in [3.05, 3.63) is 35.4 Å². The molecule has 0 bridgehead atoms. The van der Waals surface area contributed by atoms with Crippen molar-refractivity contribution in [2.45, 2.75) is 31.4 Å². The second kappa shape index (κ2) is 6.26. The number of rotatable bonds is 7. The van der Waals surface area contributed by atoms with Gasteiger partial charge in [0.1, 0.15) is 6.67 Å². The third-order valence-electron chi connectivity index (χ3n) is 3.63. The Kier molecular flexibility index (Phi) is 4.66. The fourth-order valence-electron chi connectivity index (χ4n) is 2.14. The molecule has 0 aromatic heterocycles. The summed E-state index contributed by atoms with van der Waals surface area (Å²) >= 11 is 0. The second-order valence-corrected chi connectivity index (χ2v) is 5.16. The Bertz CT molecular complexity index is 424. The smallest absolute Gasteiger partial charge is 0.165 e. The fraction of sp³-hybridized carbons (Fsp3) is 0.533. The molecule has 0 heterocycles. The van der Waals surface area contributed by atoms with Crippen molar-refractivity contribution in [3.63, 3.8) is 0 Å². The first-order valence-corrected chi connectivity index (χ1v) is 6.70. The number of ketones is 1. The average Bonchev–Trinajstić information content (AvgIpc) is 3.24. The van der Waals surface area contributed by atoms with Crippen molar-refractivity contribution in [2.24, 2.45) is 5.92 Å². The number of carbonyl (C=O) groups is 1. The van der Waals surface area contributed by atoms with Crippen LogP contribution in [0.4, 0.5) is 4.39 Å². The van der Waals surface area contributed by atoms with Crippen LogP contribution in [0.5, 0.6) is 0 Å². The van der Waals surface area contributed by atoms with Gasteiger partial charge in [0, 0.05) is 11.5 Å². The molecule has 2 unspecified atom stereocenters. The highest BCUT2D eigenvalue weighted by molar-refractivity contribution is 5.99. The Balaban J connectivity index is 1.96. The van der Waals surface area contributed by atoms with E-state index in [0.717, 1.165) is 24.0 Å². The molecule has 4 heteroatoms. The lowest BCUT2D eigenvalue weighted by Crippen LogP contribution is -2.40. The average molecular weight is 265 g/mol. The minimum absolute atomic E-state index is 0.212. The number of nitrogens with one attached hydrogen (secondary N) is 1. The van der Waals surface area contributed by atoms with Crippen LogP contribution in [0, 0.1) is 5.92 Å². The number of benzene rings is 1. The summed E-state index contributed by atoms with van der Waals surface area (Å²) < 4.78 is 12.6. The van der Waals surface area contributed by atoms with E-state index < -0.39 is 18.8 Å². The summed E-state index contributed by atoms with van der Waals surface area (Å²) in [5.74, 6) is 0.431.